The Hall–Kier alpha value is -1.38. The zero-order chi connectivity index (χ0) is 15.0. The molecule has 2 atom stereocenters. The highest BCUT2D eigenvalue weighted by Gasteiger charge is 2.29. The van der Waals surface area contributed by atoms with Crippen molar-refractivity contribution in [2.24, 2.45) is 0 Å². The molecule has 0 heterocycles. The fourth-order valence-corrected chi connectivity index (χ4v) is 3.57. The standard InChI is InChI=1S/C18H19ClFN/c1-21(2)18-10-8-13(14-5-3-4-6-15(14)18)12-7-9-17(20)16(19)11-12/h3-7,9,11,13,18H,8,10H2,1-2H3/t13-,18-/m0/s1. The summed E-state index contributed by atoms with van der Waals surface area (Å²) in [6, 6.07) is 14.1. The van der Waals surface area contributed by atoms with Crippen molar-refractivity contribution in [1.82, 2.24) is 4.90 Å². The lowest BCUT2D eigenvalue weighted by Crippen LogP contribution is -2.26. The van der Waals surface area contributed by atoms with Gasteiger partial charge in [-0.1, -0.05) is 41.9 Å². The maximum atomic E-state index is 13.4. The van der Waals surface area contributed by atoms with Crippen LogP contribution in [-0.4, -0.2) is 19.0 Å². The van der Waals surface area contributed by atoms with Crippen molar-refractivity contribution in [1.29, 1.82) is 0 Å². The van der Waals surface area contributed by atoms with Crippen LogP contribution in [0.2, 0.25) is 5.02 Å². The van der Waals surface area contributed by atoms with E-state index in [1.807, 2.05) is 6.07 Å². The average Bonchev–Trinajstić information content (AvgIpc) is 2.49. The zero-order valence-electron chi connectivity index (χ0n) is 12.3. The van der Waals surface area contributed by atoms with Gasteiger partial charge in [-0.25, -0.2) is 4.39 Å². The van der Waals surface area contributed by atoms with Gasteiger partial charge in [0.1, 0.15) is 5.82 Å². The molecule has 0 radical (unpaired) electrons. The molecule has 0 spiro atoms. The molecule has 110 valence electrons. The maximum absolute atomic E-state index is 13.4. The van der Waals surface area contributed by atoms with Crippen LogP contribution >= 0.6 is 11.6 Å². The minimum atomic E-state index is -0.351. The predicted molar refractivity (Wildman–Crippen MR) is 85.4 cm³/mol. The van der Waals surface area contributed by atoms with E-state index in [9.17, 15) is 4.39 Å². The van der Waals surface area contributed by atoms with Crippen LogP contribution in [0.3, 0.4) is 0 Å². The molecule has 0 N–H and O–H groups in total. The second kappa shape index (κ2) is 5.78. The van der Waals surface area contributed by atoms with Crippen LogP contribution in [0.5, 0.6) is 0 Å². The van der Waals surface area contributed by atoms with Gasteiger partial charge in [0, 0.05) is 12.0 Å². The summed E-state index contributed by atoms with van der Waals surface area (Å²) < 4.78 is 13.4. The second-order valence-electron chi connectivity index (χ2n) is 5.91. The maximum Gasteiger partial charge on any atom is 0.141 e. The van der Waals surface area contributed by atoms with Crippen molar-refractivity contribution in [3.63, 3.8) is 0 Å². The van der Waals surface area contributed by atoms with E-state index in [1.165, 1.54) is 17.2 Å². The van der Waals surface area contributed by atoms with Crippen LogP contribution in [0.15, 0.2) is 42.5 Å². The minimum absolute atomic E-state index is 0.208. The molecular weight excluding hydrogens is 285 g/mol. The highest BCUT2D eigenvalue weighted by molar-refractivity contribution is 6.30. The fraction of sp³-hybridized carbons (Fsp3) is 0.333. The first-order valence-electron chi connectivity index (χ1n) is 7.28. The molecule has 21 heavy (non-hydrogen) atoms. The number of benzene rings is 2. The summed E-state index contributed by atoms with van der Waals surface area (Å²) in [5, 5.41) is 0.208. The minimum Gasteiger partial charge on any atom is -0.302 e. The average molecular weight is 304 g/mol. The Kier molecular flexibility index (Phi) is 4.01. The van der Waals surface area contributed by atoms with E-state index in [0.717, 1.165) is 18.4 Å². The van der Waals surface area contributed by atoms with Crippen molar-refractivity contribution in [2.45, 2.75) is 24.8 Å². The molecule has 0 aliphatic heterocycles. The van der Waals surface area contributed by atoms with E-state index in [4.69, 9.17) is 11.6 Å². The first-order valence-corrected chi connectivity index (χ1v) is 7.66. The number of halogens is 2. The van der Waals surface area contributed by atoms with Crippen molar-refractivity contribution in [3.8, 4) is 0 Å². The monoisotopic (exact) mass is 303 g/mol. The summed E-state index contributed by atoms with van der Waals surface area (Å²) in [7, 11) is 4.24. The van der Waals surface area contributed by atoms with Crippen LogP contribution in [0.4, 0.5) is 4.39 Å². The molecule has 2 aromatic rings. The summed E-state index contributed by atoms with van der Waals surface area (Å²) in [4.78, 5) is 2.27. The van der Waals surface area contributed by atoms with Crippen molar-refractivity contribution in [3.05, 3.63) is 70.0 Å². The third-order valence-electron chi connectivity index (χ3n) is 4.43. The Balaban J connectivity index is 2.05. The Labute approximate surface area is 130 Å². The molecule has 2 aromatic carbocycles. The number of hydrogen-bond acceptors (Lipinski definition) is 1. The molecule has 0 unspecified atom stereocenters. The Morgan fingerprint density at radius 3 is 2.43 bits per heavy atom. The van der Waals surface area contributed by atoms with E-state index >= 15 is 0 Å². The van der Waals surface area contributed by atoms with Gasteiger partial charge in [-0.3, -0.25) is 0 Å². The van der Waals surface area contributed by atoms with E-state index in [-0.39, 0.29) is 10.8 Å². The Bertz CT molecular complexity index is 653. The van der Waals surface area contributed by atoms with Gasteiger partial charge >= 0.3 is 0 Å². The number of rotatable bonds is 2. The van der Waals surface area contributed by atoms with Gasteiger partial charge in [-0.05, 0) is 55.8 Å². The number of fused-ring (bicyclic) bond motifs is 1. The molecule has 1 nitrogen and oxygen atoms in total. The summed E-state index contributed by atoms with van der Waals surface area (Å²) >= 11 is 5.96. The fourth-order valence-electron chi connectivity index (χ4n) is 3.38. The summed E-state index contributed by atoms with van der Waals surface area (Å²) in [5.74, 6) is -0.0498. The van der Waals surface area contributed by atoms with Crippen LogP contribution in [0, 0.1) is 5.82 Å². The third kappa shape index (κ3) is 2.70. The zero-order valence-corrected chi connectivity index (χ0v) is 13.1. The molecule has 0 fully saturated rings. The summed E-state index contributed by atoms with van der Waals surface area (Å²) in [5.41, 5.74) is 3.82. The van der Waals surface area contributed by atoms with Gasteiger partial charge in [0.2, 0.25) is 0 Å². The second-order valence-corrected chi connectivity index (χ2v) is 6.32. The molecule has 0 bridgehead atoms. The van der Waals surface area contributed by atoms with Crippen molar-refractivity contribution in [2.75, 3.05) is 14.1 Å². The van der Waals surface area contributed by atoms with Gasteiger partial charge in [0.05, 0.1) is 5.02 Å². The summed E-state index contributed by atoms with van der Waals surface area (Å²) in [6.45, 7) is 0. The largest absolute Gasteiger partial charge is 0.302 e. The topological polar surface area (TPSA) is 3.24 Å². The van der Waals surface area contributed by atoms with Crippen LogP contribution in [0.1, 0.15) is 41.5 Å². The quantitative estimate of drug-likeness (QED) is 0.754. The molecule has 0 saturated heterocycles. The van der Waals surface area contributed by atoms with Crippen LogP contribution in [0.25, 0.3) is 0 Å². The Morgan fingerprint density at radius 2 is 1.76 bits per heavy atom. The number of nitrogens with zero attached hydrogens (tertiary/aromatic N) is 1. The van der Waals surface area contributed by atoms with E-state index in [0.29, 0.717) is 12.0 Å². The van der Waals surface area contributed by atoms with E-state index < -0.39 is 0 Å². The molecule has 0 aromatic heterocycles. The molecule has 1 aliphatic rings. The van der Waals surface area contributed by atoms with E-state index in [1.54, 1.807) is 6.07 Å². The van der Waals surface area contributed by atoms with Gasteiger partial charge < -0.3 is 4.90 Å². The predicted octanol–water partition coefficient (Wildman–Crippen LogP) is 5.01. The first kappa shape index (κ1) is 14.6. The molecular formula is C18H19ClFN. The lowest BCUT2D eigenvalue weighted by molar-refractivity contribution is 0.263. The number of hydrogen-bond donors (Lipinski definition) is 0. The van der Waals surface area contributed by atoms with Crippen LogP contribution in [-0.2, 0) is 0 Å². The first-order chi connectivity index (χ1) is 10.1. The normalized spacial score (nSPS) is 21.4. The van der Waals surface area contributed by atoms with Crippen LogP contribution < -0.4 is 0 Å². The molecule has 3 heteroatoms. The third-order valence-corrected chi connectivity index (χ3v) is 4.72. The molecule has 0 amide bonds. The lowest BCUT2D eigenvalue weighted by Gasteiger charge is -2.35. The van der Waals surface area contributed by atoms with Gasteiger partial charge in [0.15, 0.2) is 0 Å². The molecule has 0 saturated carbocycles. The molecule has 1 aliphatic carbocycles. The highest BCUT2D eigenvalue weighted by Crippen LogP contribution is 2.43. The van der Waals surface area contributed by atoms with Gasteiger partial charge in [-0.2, -0.15) is 0 Å². The highest BCUT2D eigenvalue weighted by atomic mass is 35.5. The SMILES string of the molecule is CN(C)[C@H]1CC[C@@H](c2ccc(F)c(Cl)c2)c2ccccc21. The Morgan fingerprint density at radius 1 is 1.05 bits per heavy atom. The molecule has 3 rings (SSSR count). The summed E-state index contributed by atoms with van der Waals surface area (Å²) in [6.07, 6.45) is 2.16. The lowest BCUT2D eigenvalue weighted by atomic mass is 9.76. The van der Waals surface area contributed by atoms with E-state index in [2.05, 4.69) is 43.3 Å². The van der Waals surface area contributed by atoms with Crippen molar-refractivity contribution < 1.29 is 4.39 Å². The smallest absolute Gasteiger partial charge is 0.141 e. The van der Waals surface area contributed by atoms with Gasteiger partial charge in [0.25, 0.3) is 0 Å². The van der Waals surface area contributed by atoms with Crippen molar-refractivity contribution >= 4 is 11.6 Å². The van der Waals surface area contributed by atoms with Gasteiger partial charge in [-0.15, -0.1) is 0 Å².